The lowest BCUT2D eigenvalue weighted by molar-refractivity contribution is -0.181. The van der Waals surface area contributed by atoms with Crippen molar-refractivity contribution in [3.8, 4) is 5.75 Å². The highest BCUT2D eigenvalue weighted by atomic mass is 19.1. The second kappa shape index (κ2) is 9.30. The lowest BCUT2D eigenvalue weighted by atomic mass is 9.52. The summed E-state index contributed by atoms with van der Waals surface area (Å²) in [7, 11) is 3.01. The molecule has 0 radical (unpaired) electrons. The summed E-state index contributed by atoms with van der Waals surface area (Å²) in [5.74, 6) is -12.3. The summed E-state index contributed by atoms with van der Waals surface area (Å²) in [5.41, 5.74) is 2.33. The molecule has 2 unspecified atom stereocenters. The van der Waals surface area contributed by atoms with Gasteiger partial charge in [-0.25, -0.2) is 4.39 Å². The fourth-order valence-electron chi connectivity index (χ4n) is 6.82. The number of aliphatic hydroxyl groups is 1. The van der Waals surface area contributed by atoms with E-state index < -0.39 is 75.9 Å². The number of carbonyl (C=O) groups excluding carboxylic acids is 5. The summed E-state index contributed by atoms with van der Waals surface area (Å²) in [6.45, 7) is 2.34. The minimum atomic E-state index is -2.80. The summed E-state index contributed by atoms with van der Waals surface area (Å²) in [4.78, 5) is 69.1. The molecule has 0 spiro atoms. The minimum Gasteiger partial charge on any atom is -0.507 e. The van der Waals surface area contributed by atoms with Crippen LogP contribution in [0.1, 0.15) is 27.9 Å². The maximum atomic E-state index is 15.8. The SMILES string of the molecule is CN(C)[C@@H]1C(=O)C(C(N)=O)C(=O)[C@@]2(O)C(=O)C3C(=O)c4c(O)cc(CN5CCOCC5)c(F)c4C[C@H]3C[C@@H]12. The Balaban J connectivity index is 1.57. The van der Waals surface area contributed by atoms with Crippen LogP contribution in [0.4, 0.5) is 4.39 Å². The zero-order valence-corrected chi connectivity index (χ0v) is 21.1. The van der Waals surface area contributed by atoms with E-state index in [1.54, 1.807) is 0 Å². The van der Waals surface area contributed by atoms with E-state index in [1.807, 2.05) is 4.90 Å². The predicted octanol–water partition coefficient (Wildman–Crippen LogP) is -1.16. The van der Waals surface area contributed by atoms with Crippen molar-refractivity contribution in [3.05, 3.63) is 28.6 Å². The third kappa shape index (κ3) is 3.73. The predicted molar refractivity (Wildman–Crippen MR) is 127 cm³/mol. The number of primary amides is 1. The quantitative estimate of drug-likeness (QED) is 0.403. The van der Waals surface area contributed by atoms with Crippen molar-refractivity contribution in [3.63, 3.8) is 0 Å². The van der Waals surface area contributed by atoms with E-state index in [1.165, 1.54) is 25.1 Å². The molecule has 3 aliphatic carbocycles. The topological polar surface area (TPSA) is 168 Å². The molecule has 1 aliphatic heterocycles. The van der Waals surface area contributed by atoms with Gasteiger partial charge in [0.2, 0.25) is 5.91 Å². The lowest BCUT2D eigenvalue weighted by Crippen LogP contribution is -2.74. The number of benzene rings is 1. The molecule has 2 saturated carbocycles. The number of phenolic OH excluding ortho intramolecular Hbond substituents is 1. The largest absolute Gasteiger partial charge is 0.507 e. The van der Waals surface area contributed by atoms with E-state index >= 15 is 4.39 Å². The third-order valence-electron chi connectivity index (χ3n) is 8.57. The minimum absolute atomic E-state index is 0.0253. The fourth-order valence-corrected chi connectivity index (χ4v) is 6.82. The number of hydrogen-bond acceptors (Lipinski definition) is 10. The smallest absolute Gasteiger partial charge is 0.235 e. The maximum absolute atomic E-state index is 15.8. The normalized spacial score (nSPS) is 33.7. The van der Waals surface area contributed by atoms with Gasteiger partial charge >= 0.3 is 0 Å². The number of ether oxygens (including phenoxy) is 1. The van der Waals surface area contributed by atoms with Gasteiger partial charge in [-0.3, -0.25) is 33.8 Å². The van der Waals surface area contributed by atoms with Crippen LogP contribution in [-0.2, 0) is 36.9 Å². The molecule has 1 amide bonds. The zero-order valence-electron chi connectivity index (χ0n) is 21.1. The average molecular weight is 532 g/mol. The third-order valence-corrected chi connectivity index (χ3v) is 8.57. The number of nitrogens with zero attached hydrogens (tertiary/aromatic N) is 2. The number of rotatable bonds is 4. The van der Waals surface area contributed by atoms with Crippen LogP contribution in [0.3, 0.4) is 0 Å². The Morgan fingerprint density at radius 2 is 1.87 bits per heavy atom. The number of halogens is 1. The Bertz CT molecular complexity index is 1260. The number of phenols is 1. The van der Waals surface area contributed by atoms with Crippen molar-refractivity contribution in [1.82, 2.24) is 9.80 Å². The van der Waals surface area contributed by atoms with Crippen molar-refractivity contribution in [2.24, 2.45) is 29.4 Å². The molecule has 38 heavy (non-hydrogen) atoms. The summed E-state index contributed by atoms with van der Waals surface area (Å²) >= 11 is 0. The van der Waals surface area contributed by atoms with E-state index in [4.69, 9.17) is 10.5 Å². The van der Waals surface area contributed by atoms with Crippen LogP contribution < -0.4 is 5.73 Å². The van der Waals surface area contributed by atoms with Crippen molar-refractivity contribution in [2.75, 3.05) is 40.4 Å². The number of aromatic hydroxyl groups is 1. The number of fused-ring (bicyclic) bond motifs is 3. The van der Waals surface area contributed by atoms with Crippen LogP contribution in [0.5, 0.6) is 5.75 Å². The van der Waals surface area contributed by atoms with Gasteiger partial charge in [-0.2, -0.15) is 0 Å². The second-order valence-corrected chi connectivity index (χ2v) is 10.9. The van der Waals surface area contributed by atoms with Gasteiger partial charge in [-0.1, -0.05) is 0 Å². The first kappa shape index (κ1) is 26.5. The van der Waals surface area contributed by atoms with Gasteiger partial charge in [0.25, 0.3) is 0 Å². The molecule has 5 rings (SSSR count). The molecule has 204 valence electrons. The highest BCUT2D eigenvalue weighted by molar-refractivity contribution is 6.32. The number of Topliss-reactive ketones (excluding diaryl/α,β-unsaturated/α-hetero) is 4. The monoisotopic (exact) mass is 531 g/mol. The molecule has 11 nitrogen and oxygen atoms in total. The molecular weight excluding hydrogens is 501 g/mol. The van der Waals surface area contributed by atoms with Crippen LogP contribution in [0.25, 0.3) is 0 Å². The second-order valence-electron chi connectivity index (χ2n) is 10.9. The summed E-state index contributed by atoms with van der Waals surface area (Å²) < 4.78 is 21.1. The number of hydrogen-bond donors (Lipinski definition) is 3. The fraction of sp³-hybridized carbons (Fsp3) is 0.577. The molecule has 1 aromatic carbocycles. The first-order valence-corrected chi connectivity index (χ1v) is 12.6. The Labute approximate surface area is 217 Å². The zero-order chi connectivity index (χ0) is 27.7. The first-order valence-electron chi connectivity index (χ1n) is 12.6. The number of carbonyl (C=O) groups is 5. The maximum Gasteiger partial charge on any atom is 0.235 e. The average Bonchev–Trinajstić information content (AvgIpc) is 2.84. The molecule has 4 aliphatic rings. The number of amides is 1. The van der Waals surface area contributed by atoms with Gasteiger partial charge in [-0.15, -0.1) is 0 Å². The van der Waals surface area contributed by atoms with E-state index in [-0.39, 0.29) is 36.1 Å². The van der Waals surface area contributed by atoms with Crippen molar-refractivity contribution >= 4 is 29.0 Å². The van der Waals surface area contributed by atoms with Crippen molar-refractivity contribution in [2.45, 2.75) is 31.0 Å². The van der Waals surface area contributed by atoms with Crippen molar-refractivity contribution in [1.29, 1.82) is 0 Å². The molecule has 3 fully saturated rings. The first-order chi connectivity index (χ1) is 17.9. The standard InChI is InChI=1S/C26H30FN3O8/c1-29(2)20-14-8-11-7-13-17(15(31)9-12(19(13)27)10-30-3-5-38-6-4-30)21(32)16(11)23(34)26(14,37)24(35)18(22(20)33)25(28)36/h9,11,14,16,18,20,31,37H,3-8,10H2,1-2H3,(H2,28,36)/t11-,14-,16?,18?,20-,26-/m0/s1. The lowest BCUT2D eigenvalue weighted by Gasteiger charge is -2.52. The summed E-state index contributed by atoms with van der Waals surface area (Å²) in [5, 5.41) is 22.3. The van der Waals surface area contributed by atoms with E-state index in [0.717, 1.165) is 0 Å². The number of ketones is 4. The van der Waals surface area contributed by atoms with Gasteiger partial charge in [0.1, 0.15) is 11.6 Å². The van der Waals surface area contributed by atoms with Gasteiger partial charge < -0.3 is 20.7 Å². The Kier molecular flexibility index (Phi) is 6.49. The van der Waals surface area contributed by atoms with Crippen LogP contribution in [0.2, 0.25) is 0 Å². The van der Waals surface area contributed by atoms with E-state index in [0.29, 0.717) is 26.3 Å². The van der Waals surface area contributed by atoms with Gasteiger partial charge in [0.15, 0.2) is 34.7 Å². The van der Waals surface area contributed by atoms with Crippen LogP contribution in [-0.4, -0.2) is 101 Å². The molecule has 0 bridgehead atoms. The number of nitrogens with two attached hydrogens (primary N) is 1. The Hall–Kier alpha value is -3.06. The van der Waals surface area contributed by atoms with Gasteiger partial charge in [-0.05, 0) is 38.9 Å². The van der Waals surface area contributed by atoms with Gasteiger partial charge in [0, 0.05) is 36.7 Å². The van der Waals surface area contributed by atoms with E-state index in [9.17, 15) is 34.2 Å². The summed E-state index contributed by atoms with van der Waals surface area (Å²) in [6.07, 6.45) is -0.236. The number of likely N-dealkylation sites (N-methyl/N-ethyl adjacent to an activating group) is 1. The highest BCUT2D eigenvalue weighted by Gasteiger charge is 2.69. The van der Waals surface area contributed by atoms with Crippen LogP contribution >= 0.6 is 0 Å². The molecule has 1 saturated heterocycles. The Morgan fingerprint density at radius 1 is 1.21 bits per heavy atom. The number of morpholine rings is 1. The van der Waals surface area contributed by atoms with E-state index in [2.05, 4.69) is 0 Å². The Morgan fingerprint density at radius 3 is 2.47 bits per heavy atom. The molecular formula is C26H30FN3O8. The molecule has 12 heteroatoms. The highest BCUT2D eigenvalue weighted by Crippen LogP contribution is 2.51. The molecule has 6 atom stereocenters. The van der Waals surface area contributed by atoms with Crippen LogP contribution in [0, 0.1) is 29.5 Å². The molecule has 4 N–H and O–H groups in total. The summed E-state index contributed by atoms with van der Waals surface area (Å²) in [6, 6.07) is -0.0371. The molecule has 1 aromatic rings. The van der Waals surface area contributed by atoms with Crippen molar-refractivity contribution < 1.29 is 43.3 Å². The molecule has 1 heterocycles. The molecule has 0 aromatic heterocycles. The van der Waals surface area contributed by atoms with Gasteiger partial charge in [0.05, 0.1) is 30.7 Å². The van der Waals surface area contributed by atoms with Crippen LogP contribution in [0.15, 0.2) is 6.07 Å².